The van der Waals surface area contributed by atoms with Crippen LogP contribution in [-0.2, 0) is 0 Å². The Hall–Kier alpha value is -1.98. The van der Waals surface area contributed by atoms with Crippen molar-refractivity contribution in [3.05, 3.63) is 47.6 Å². The molecule has 0 bridgehead atoms. The molecule has 1 heterocycles. The molecule has 0 fully saturated rings. The molecule has 1 aliphatic heterocycles. The maximum absolute atomic E-state index is 5.33. The lowest BCUT2D eigenvalue weighted by molar-refractivity contribution is 0.332. The first-order chi connectivity index (χ1) is 9.33. The number of hydrogen-bond donors (Lipinski definition) is 0. The average molecular weight is 253 g/mol. The van der Waals surface area contributed by atoms with E-state index in [9.17, 15) is 0 Å². The van der Waals surface area contributed by atoms with Crippen LogP contribution in [0.3, 0.4) is 0 Å². The van der Waals surface area contributed by atoms with E-state index < -0.39 is 0 Å². The minimum Gasteiger partial charge on any atom is -0.496 e. The summed E-state index contributed by atoms with van der Waals surface area (Å²) in [6.45, 7) is 2.71. The van der Waals surface area contributed by atoms with Crippen LogP contribution in [0.2, 0.25) is 0 Å². The first kappa shape index (κ1) is 13.5. The molecule has 0 atom stereocenters. The molecule has 1 aromatic rings. The normalized spacial score (nSPS) is 16.1. The van der Waals surface area contributed by atoms with Crippen molar-refractivity contribution in [1.82, 2.24) is 4.90 Å². The van der Waals surface area contributed by atoms with Crippen LogP contribution < -0.4 is 4.74 Å². The van der Waals surface area contributed by atoms with Crippen LogP contribution in [0, 0.1) is 12.3 Å². The van der Waals surface area contributed by atoms with Crippen molar-refractivity contribution in [3.8, 4) is 18.1 Å². The van der Waals surface area contributed by atoms with Crippen molar-refractivity contribution >= 4 is 6.08 Å². The third kappa shape index (κ3) is 3.74. The fourth-order valence-electron chi connectivity index (χ4n) is 2.15. The molecule has 1 aliphatic rings. The molecule has 0 N–H and O–H groups in total. The molecule has 0 aromatic heterocycles. The summed E-state index contributed by atoms with van der Waals surface area (Å²) in [5, 5.41) is 0. The van der Waals surface area contributed by atoms with Crippen molar-refractivity contribution in [1.29, 1.82) is 0 Å². The zero-order chi connectivity index (χ0) is 13.5. The molecule has 0 saturated carbocycles. The third-order valence-electron chi connectivity index (χ3n) is 3.26. The highest BCUT2D eigenvalue weighted by Gasteiger charge is 2.08. The lowest BCUT2D eigenvalue weighted by Gasteiger charge is -2.22. The predicted octanol–water partition coefficient (Wildman–Crippen LogP) is 2.97. The van der Waals surface area contributed by atoms with Gasteiger partial charge in [-0.25, -0.2) is 0 Å². The van der Waals surface area contributed by atoms with E-state index in [0.717, 1.165) is 37.4 Å². The maximum Gasteiger partial charge on any atom is 0.126 e. The Kier molecular flexibility index (Phi) is 4.83. The molecule has 0 spiro atoms. The van der Waals surface area contributed by atoms with E-state index in [0.29, 0.717) is 0 Å². The van der Waals surface area contributed by atoms with Crippen molar-refractivity contribution in [2.45, 2.75) is 6.42 Å². The number of para-hydroxylation sites is 1. The second-order valence-corrected chi connectivity index (χ2v) is 4.54. The Bertz CT molecular complexity index is 522. The van der Waals surface area contributed by atoms with Crippen LogP contribution in [0.4, 0.5) is 0 Å². The van der Waals surface area contributed by atoms with Gasteiger partial charge in [-0.1, -0.05) is 42.3 Å². The summed E-state index contributed by atoms with van der Waals surface area (Å²) in [6.07, 6.45) is 12.9. The summed E-state index contributed by atoms with van der Waals surface area (Å²) in [7, 11) is 1.70. The molecule has 2 rings (SSSR count). The van der Waals surface area contributed by atoms with E-state index in [1.54, 1.807) is 7.11 Å². The van der Waals surface area contributed by atoms with E-state index >= 15 is 0 Å². The van der Waals surface area contributed by atoms with Gasteiger partial charge in [0.2, 0.25) is 0 Å². The summed E-state index contributed by atoms with van der Waals surface area (Å²) < 4.78 is 5.33. The number of benzene rings is 1. The van der Waals surface area contributed by atoms with Gasteiger partial charge >= 0.3 is 0 Å². The van der Waals surface area contributed by atoms with Gasteiger partial charge in [0.15, 0.2) is 0 Å². The SMILES string of the molecule is C#CCN1CC=C(C=Cc2ccccc2OC)CC1. The summed E-state index contributed by atoms with van der Waals surface area (Å²) in [5.74, 6) is 3.59. The van der Waals surface area contributed by atoms with E-state index in [1.807, 2.05) is 18.2 Å². The Balaban J connectivity index is 2.02. The van der Waals surface area contributed by atoms with Crippen molar-refractivity contribution in [3.63, 3.8) is 0 Å². The van der Waals surface area contributed by atoms with Crippen molar-refractivity contribution in [2.75, 3.05) is 26.7 Å². The van der Waals surface area contributed by atoms with Gasteiger partial charge < -0.3 is 4.74 Å². The number of nitrogens with zero attached hydrogens (tertiary/aromatic N) is 1. The lowest BCUT2D eigenvalue weighted by atomic mass is 10.1. The molecule has 1 aromatic carbocycles. The lowest BCUT2D eigenvalue weighted by Crippen LogP contribution is -2.28. The largest absolute Gasteiger partial charge is 0.496 e. The van der Waals surface area contributed by atoms with Crippen LogP contribution in [0.1, 0.15) is 12.0 Å². The predicted molar refractivity (Wildman–Crippen MR) is 80.0 cm³/mol. The fraction of sp³-hybridized carbons (Fsp3) is 0.294. The number of methoxy groups -OCH3 is 1. The minimum absolute atomic E-state index is 0.736. The van der Waals surface area contributed by atoms with Crippen LogP contribution >= 0.6 is 0 Å². The Morgan fingerprint density at radius 1 is 1.37 bits per heavy atom. The van der Waals surface area contributed by atoms with Gasteiger partial charge in [0, 0.05) is 18.7 Å². The number of allylic oxidation sites excluding steroid dienone is 1. The van der Waals surface area contributed by atoms with Crippen LogP contribution in [-0.4, -0.2) is 31.6 Å². The number of hydrogen-bond acceptors (Lipinski definition) is 2. The molecule has 0 unspecified atom stereocenters. The highest BCUT2D eigenvalue weighted by Crippen LogP contribution is 2.20. The van der Waals surface area contributed by atoms with Gasteiger partial charge in [-0.3, -0.25) is 4.90 Å². The molecule has 2 nitrogen and oxygen atoms in total. The Morgan fingerprint density at radius 3 is 2.89 bits per heavy atom. The second-order valence-electron chi connectivity index (χ2n) is 4.54. The highest BCUT2D eigenvalue weighted by molar-refractivity contribution is 5.59. The zero-order valence-corrected chi connectivity index (χ0v) is 11.3. The Labute approximate surface area is 115 Å². The molecule has 19 heavy (non-hydrogen) atoms. The van der Waals surface area contributed by atoms with Gasteiger partial charge in [0.25, 0.3) is 0 Å². The van der Waals surface area contributed by atoms with Crippen LogP contribution in [0.15, 0.2) is 42.0 Å². The standard InChI is InChI=1S/C17H19NO/c1-3-12-18-13-10-15(11-14-18)8-9-16-6-4-5-7-17(16)19-2/h1,4-10H,11-14H2,2H3. The van der Waals surface area contributed by atoms with E-state index in [2.05, 4.69) is 35.1 Å². The quantitative estimate of drug-likeness (QED) is 0.765. The molecule has 0 aliphatic carbocycles. The second kappa shape index (κ2) is 6.82. The molecule has 0 radical (unpaired) electrons. The minimum atomic E-state index is 0.736. The number of rotatable bonds is 4. The third-order valence-corrected chi connectivity index (χ3v) is 3.26. The Morgan fingerprint density at radius 2 is 2.21 bits per heavy atom. The monoisotopic (exact) mass is 253 g/mol. The van der Waals surface area contributed by atoms with Crippen LogP contribution in [0.25, 0.3) is 6.08 Å². The summed E-state index contributed by atoms with van der Waals surface area (Å²) >= 11 is 0. The van der Waals surface area contributed by atoms with E-state index in [-0.39, 0.29) is 0 Å². The molecule has 98 valence electrons. The highest BCUT2D eigenvalue weighted by atomic mass is 16.5. The van der Waals surface area contributed by atoms with Gasteiger partial charge in [-0.2, -0.15) is 0 Å². The zero-order valence-electron chi connectivity index (χ0n) is 11.3. The summed E-state index contributed by atoms with van der Waals surface area (Å²) in [4.78, 5) is 2.26. The van der Waals surface area contributed by atoms with E-state index in [1.165, 1.54) is 5.57 Å². The number of terminal acetylenes is 1. The summed E-state index contributed by atoms with van der Waals surface area (Å²) in [5.41, 5.74) is 2.47. The fourth-order valence-corrected chi connectivity index (χ4v) is 2.15. The van der Waals surface area contributed by atoms with Gasteiger partial charge in [-0.15, -0.1) is 6.42 Å². The first-order valence-corrected chi connectivity index (χ1v) is 6.49. The maximum atomic E-state index is 5.33. The molecule has 0 saturated heterocycles. The molecule has 2 heteroatoms. The van der Waals surface area contributed by atoms with Gasteiger partial charge in [0.1, 0.15) is 5.75 Å². The molecular weight excluding hydrogens is 234 g/mol. The average Bonchev–Trinajstić information content (AvgIpc) is 2.47. The molecular formula is C17H19NO. The smallest absolute Gasteiger partial charge is 0.126 e. The summed E-state index contributed by atoms with van der Waals surface area (Å²) in [6, 6.07) is 8.03. The van der Waals surface area contributed by atoms with Crippen molar-refractivity contribution < 1.29 is 4.74 Å². The van der Waals surface area contributed by atoms with Crippen molar-refractivity contribution in [2.24, 2.45) is 0 Å². The van der Waals surface area contributed by atoms with Gasteiger partial charge in [0.05, 0.1) is 13.7 Å². The van der Waals surface area contributed by atoms with E-state index in [4.69, 9.17) is 11.2 Å². The topological polar surface area (TPSA) is 12.5 Å². The molecule has 0 amide bonds. The van der Waals surface area contributed by atoms with Crippen LogP contribution in [0.5, 0.6) is 5.75 Å². The van der Waals surface area contributed by atoms with Gasteiger partial charge in [-0.05, 0) is 18.1 Å². The number of ether oxygens (including phenoxy) is 1. The first-order valence-electron chi connectivity index (χ1n) is 6.49.